The van der Waals surface area contributed by atoms with Crippen molar-refractivity contribution in [2.45, 2.75) is 32.4 Å². The lowest BCUT2D eigenvalue weighted by Crippen LogP contribution is -2.46. The van der Waals surface area contributed by atoms with Crippen LogP contribution in [0.3, 0.4) is 0 Å². The summed E-state index contributed by atoms with van der Waals surface area (Å²) in [5.41, 5.74) is 2.18. The van der Waals surface area contributed by atoms with E-state index in [-0.39, 0.29) is 5.75 Å². The normalized spacial score (nSPS) is 21.8. The first-order valence-corrected chi connectivity index (χ1v) is 9.52. The number of nitrogens with one attached hydrogen (secondary N) is 1. The lowest BCUT2D eigenvalue weighted by molar-refractivity contribution is 0.144. The van der Waals surface area contributed by atoms with E-state index in [9.17, 15) is 5.11 Å². The number of aromatic hydroxyl groups is 1. The monoisotopic (exact) mass is 344 g/mol. The van der Waals surface area contributed by atoms with Crippen molar-refractivity contribution >= 4 is 11.3 Å². The molecule has 4 nitrogen and oxygen atoms in total. The van der Waals surface area contributed by atoms with Crippen LogP contribution in [0.15, 0.2) is 24.3 Å². The van der Waals surface area contributed by atoms with Crippen molar-refractivity contribution in [1.29, 1.82) is 0 Å². The van der Waals surface area contributed by atoms with Crippen LogP contribution in [0.5, 0.6) is 11.5 Å². The molecule has 0 radical (unpaired) electrons. The van der Waals surface area contributed by atoms with Gasteiger partial charge < -0.3 is 15.2 Å². The summed E-state index contributed by atoms with van der Waals surface area (Å²) in [7, 11) is 0. The van der Waals surface area contributed by atoms with Crippen molar-refractivity contribution < 1.29 is 9.84 Å². The Balaban J connectivity index is 1.65. The van der Waals surface area contributed by atoms with Gasteiger partial charge >= 0.3 is 0 Å². The van der Waals surface area contributed by atoms with Gasteiger partial charge in [0.25, 0.3) is 0 Å². The summed E-state index contributed by atoms with van der Waals surface area (Å²) >= 11 is 1.76. The second kappa shape index (κ2) is 6.75. The Labute approximate surface area is 147 Å². The Morgan fingerprint density at radius 3 is 3.00 bits per heavy atom. The largest absolute Gasteiger partial charge is 0.504 e. The topological polar surface area (TPSA) is 44.7 Å². The molecule has 1 aromatic heterocycles. The van der Waals surface area contributed by atoms with Crippen molar-refractivity contribution in [3.8, 4) is 21.9 Å². The third-order valence-electron chi connectivity index (χ3n) is 4.96. The molecule has 1 atom stereocenters. The first kappa shape index (κ1) is 15.9. The molecule has 4 rings (SSSR count). The van der Waals surface area contributed by atoms with Gasteiger partial charge in [-0.1, -0.05) is 0 Å². The van der Waals surface area contributed by atoms with E-state index in [1.165, 1.54) is 22.6 Å². The van der Waals surface area contributed by atoms with Crippen molar-refractivity contribution in [2.24, 2.45) is 0 Å². The maximum atomic E-state index is 10.5. The van der Waals surface area contributed by atoms with Crippen LogP contribution in [-0.2, 0) is 6.54 Å². The quantitative estimate of drug-likeness (QED) is 0.877. The van der Waals surface area contributed by atoms with Gasteiger partial charge in [-0.3, -0.25) is 4.90 Å². The Bertz CT molecular complexity index is 722. The molecule has 1 saturated heterocycles. The zero-order chi connectivity index (χ0) is 16.5. The highest BCUT2D eigenvalue weighted by Gasteiger charge is 2.26. The van der Waals surface area contributed by atoms with Crippen LogP contribution in [0.25, 0.3) is 10.4 Å². The fraction of sp³-hybridized carbons (Fsp3) is 0.474. The van der Waals surface area contributed by atoms with E-state index in [1.807, 2.05) is 6.07 Å². The number of thiophene rings is 1. The molecule has 0 amide bonds. The predicted octanol–water partition coefficient (Wildman–Crippen LogP) is 3.38. The molecule has 1 aromatic carbocycles. The third-order valence-corrected chi connectivity index (χ3v) is 6.01. The van der Waals surface area contributed by atoms with E-state index in [4.69, 9.17) is 4.74 Å². The lowest BCUT2D eigenvalue weighted by atomic mass is 10.0. The molecule has 2 aliphatic rings. The van der Waals surface area contributed by atoms with Gasteiger partial charge in [-0.25, -0.2) is 0 Å². The van der Waals surface area contributed by atoms with Crippen LogP contribution in [0.2, 0.25) is 0 Å². The van der Waals surface area contributed by atoms with Crippen molar-refractivity contribution in [3.63, 3.8) is 0 Å². The maximum Gasteiger partial charge on any atom is 0.165 e. The molecular weight excluding hydrogens is 320 g/mol. The number of benzene rings is 1. The molecular formula is C19H24N2O2S. The van der Waals surface area contributed by atoms with Gasteiger partial charge in [0, 0.05) is 41.0 Å². The van der Waals surface area contributed by atoms with Gasteiger partial charge in [-0.05, 0) is 56.1 Å². The number of piperidine rings is 1. The van der Waals surface area contributed by atoms with Gasteiger partial charge in [0.2, 0.25) is 0 Å². The highest BCUT2D eigenvalue weighted by atomic mass is 32.1. The minimum absolute atomic E-state index is 0.261. The number of fused-ring (bicyclic) bond motifs is 1. The Morgan fingerprint density at radius 1 is 1.33 bits per heavy atom. The zero-order valence-corrected chi connectivity index (χ0v) is 14.9. The van der Waals surface area contributed by atoms with E-state index < -0.39 is 0 Å². The summed E-state index contributed by atoms with van der Waals surface area (Å²) in [6, 6.07) is 8.83. The molecule has 0 aliphatic carbocycles. The maximum absolute atomic E-state index is 10.5. The molecule has 1 fully saturated rings. The summed E-state index contributed by atoms with van der Waals surface area (Å²) in [6.07, 6.45) is 2.47. The van der Waals surface area contributed by atoms with Crippen LogP contribution in [0, 0.1) is 6.92 Å². The standard InChI is InChI=1S/C19H24N2O2S/c1-13-4-5-18(24-13)14-9-15-12-21(16-3-2-6-20-11-16)7-8-23-19(15)17(22)10-14/h4-5,9-10,16,20,22H,2-3,6-8,11-12H2,1H3. The molecule has 0 bridgehead atoms. The summed E-state index contributed by atoms with van der Waals surface area (Å²) in [5.74, 6) is 0.926. The fourth-order valence-corrected chi connectivity index (χ4v) is 4.56. The predicted molar refractivity (Wildman–Crippen MR) is 98.0 cm³/mol. The first-order valence-electron chi connectivity index (χ1n) is 8.71. The Morgan fingerprint density at radius 2 is 2.25 bits per heavy atom. The molecule has 0 spiro atoms. The second-order valence-electron chi connectivity index (χ2n) is 6.71. The summed E-state index contributed by atoms with van der Waals surface area (Å²) in [5, 5.41) is 14.0. The van der Waals surface area contributed by atoms with Crippen LogP contribution in [0.1, 0.15) is 23.3 Å². The zero-order valence-electron chi connectivity index (χ0n) is 14.0. The molecule has 2 N–H and O–H groups in total. The van der Waals surface area contributed by atoms with Crippen molar-refractivity contribution in [1.82, 2.24) is 10.2 Å². The van der Waals surface area contributed by atoms with Gasteiger partial charge in [0.05, 0.1) is 0 Å². The fourth-order valence-electron chi connectivity index (χ4n) is 3.71. The van der Waals surface area contributed by atoms with E-state index >= 15 is 0 Å². The van der Waals surface area contributed by atoms with Crippen molar-refractivity contribution in [3.05, 3.63) is 34.7 Å². The molecule has 2 aliphatic heterocycles. The van der Waals surface area contributed by atoms with Gasteiger partial charge in [0.15, 0.2) is 11.5 Å². The minimum Gasteiger partial charge on any atom is -0.504 e. The molecule has 24 heavy (non-hydrogen) atoms. The molecule has 2 aromatic rings. The number of nitrogens with zero attached hydrogens (tertiary/aromatic N) is 1. The summed E-state index contributed by atoms with van der Waals surface area (Å²) in [6.45, 7) is 6.67. The SMILES string of the molecule is Cc1ccc(-c2cc(O)c3c(c2)CN(C2CCCNC2)CCO3)s1. The van der Waals surface area contributed by atoms with Crippen LogP contribution in [-0.4, -0.2) is 42.3 Å². The molecule has 5 heteroatoms. The van der Waals surface area contributed by atoms with E-state index in [1.54, 1.807) is 11.3 Å². The number of hydrogen-bond acceptors (Lipinski definition) is 5. The van der Waals surface area contributed by atoms with E-state index in [0.717, 1.165) is 37.3 Å². The second-order valence-corrected chi connectivity index (χ2v) is 8.00. The minimum atomic E-state index is 0.261. The highest BCUT2D eigenvalue weighted by Crippen LogP contribution is 2.39. The van der Waals surface area contributed by atoms with Gasteiger partial charge in [0.1, 0.15) is 6.61 Å². The van der Waals surface area contributed by atoms with Crippen molar-refractivity contribution in [2.75, 3.05) is 26.2 Å². The summed E-state index contributed by atoms with van der Waals surface area (Å²) in [4.78, 5) is 4.98. The average molecular weight is 344 g/mol. The average Bonchev–Trinajstić information content (AvgIpc) is 2.91. The number of hydrogen-bond donors (Lipinski definition) is 2. The number of phenols is 1. The molecule has 128 valence electrons. The van der Waals surface area contributed by atoms with Gasteiger partial charge in [-0.2, -0.15) is 0 Å². The molecule has 0 saturated carbocycles. The summed E-state index contributed by atoms with van der Waals surface area (Å²) < 4.78 is 5.89. The lowest BCUT2D eigenvalue weighted by Gasteiger charge is -2.33. The van der Waals surface area contributed by atoms with Crippen LogP contribution in [0.4, 0.5) is 0 Å². The van der Waals surface area contributed by atoms with Gasteiger partial charge in [-0.15, -0.1) is 11.3 Å². The van der Waals surface area contributed by atoms with Crippen LogP contribution >= 0.6 is 11.3 Å². The molecule has 3 heterocycles. The smallest absolute Gasteiger partial charge is 0.165 e. The van der Waals surface area contributed by atoms with E-state index in [2.05, 4.69) is 35.3 Å². The first-order chi connectivity index (χ1) is 11.7. The Hall–Kier alpha value is -1.56. The number of aryl methyl sites for hydroxylation is 1. The third kappa shape index (κ3) is 3.16. The number of phenolic OH excluding ortho intramolecular Hbond substituents is 1. The van der Waals surface area contributed by atoms with E-state index in [0.29, 0.717) is 18.4 Å². The molecule has 1 unspecified atom stereocenters. The van der Waals surface area contributed by atoms with Crippen LogP contribution < -0.4 is 10.1 Å². The highest BCUT2D eigenvalue weighted by molar-refractivity contribution is 7.15. The number of rotatable bonds is 2. The number of ether oxygens (including phenoxy) is 1. The Kier molecular flexibility index (Phi) is 4.48.